The van der Waals surface area contributed by atoms with Crippen molar-refractivity contribution in [3.8, 4) is 6.07 Å². The van der Waals surface area contributed by atoms with Crippen molar-refractivity contribution in [2.45, 2.75) is 56.1 Å². The molecule has 28 heavy (non-hydrogen) atoms. The molecule has 1 N–H and O–H groups in total. The number of hydrogen-bond donors (Lipinski definition) is 1. The van der Waals surface area contributed by atoms with Crippen molar-refractivity contribution in [1.82, 2.24) is 4.72 Å². The number of amides is 1. The van der Waals surface area contributed by atoms with E-state index < -0.39 is 26.1 Å². The summed E-state index contributed by atoms with van der Waals surface area (Å²) in [6, 6.07) is 11.8. The molecule has 2 aromatic rings. The van der Waals surface area contributed by atoms with Gasteiger partial charge < -0.3 is 4.42 Å². The Morgan fingerprint density at radius 1 is 1.14 bits per heavy atom. The van der Waals surface area contributed by atoms with E-state index in [0.717, 1.165) is 19.3 Å². The maximum absolute atomic E-state index is 13.2. The van der Waals surface area contributed by atoms with Gasteiger partial charge in [-0.25, -0.2) is 8.42 Å². The molecule has 0 saturated heterocycles. The second-order valence-electron chi connectivity index (χ2n) is 7.75. The maximum atomic E-state index is 13.2. The molecule has 3 rings (SSSR count). The number of nitrogens with zero attached hydrogens (tertiary/aromatic N) is 1. The largest absolute Gasteiger partial charge is 0.468 e. The van der Waals surface area contributed by atoms with E-state index in [4.69, 9.17) is 9.68 Å². The van der Waals surface area contributed by atoms with Crippen LogP contribution in [0.3, 0.4) is 0 Å². The highest BCUT2D eigenvalue weighted by molar-refractivity contribution is 7.91. The fraction of sp³-hybridized carbons (Fsp3) is 0.429. The van der Waals surface area contributed by atoms with Gasteiger partial charge in [-0.1, -0.05) is 31.4 Å². The van der Waals surface area contributed by atoms with Crippen molar-refractivity contribution >= 4 is 15.9 Å². The second kappa shape index (κ2) is 7.44. The summed E-state index contributed by atoms with van der Waals surface area (Å²) in [6.45, 7) is 3.09. The molecule has 1 aromatic heterocycles. The topological polar surface area (TPSA) is 100 Å². The summed E-state index contributed by atoms with van der Waals surface area (Å²) in [5.41, 5.74) is -0.0160. The summed E-state index contributed by atoms with van der Waals surface area (Å²) in [4.78, 5) is 13.2. The third-order valence-corrected chi connectivity index (χ3v) is 7.78. The van der Waals surface area contributed by atoms with Gasteiger partial charge >= 0.3 is 0 Å². The van der Waals surface area contributed by atoms with Gasteiger partial charge in [-0.05, 0) is 56.5 Å². The Hall–Kier alpha value is -2.59. The molecule has 1 aliphatic carbocycles. The molecule has 1 aliphatic rings. The Morgan fingerprint density at radius 3 is 2.32 bits per heavy atom. The first-order chi connectivity index (χ1) is 13.2. The van der Waals surface area contributed by atoms with E-state index >= 15 is 0 Å². The fourth-order valence-electron chi connectivity index (χ4n) is 3.74. The number of carbonyl (C=O) groups excluding carboxylic acids is 1. The van der Waals surface area contributed by atoms with Gasteiger partial charge in [-0.3, -0.25) is 9.52 Å². The third kappa shape index (κ3) is 3.45. The molecule has 1 amide bonds. The van der Waals surface area contributed by atoms with Crippen LogP contribution in [0.5, 0.6) is 0 Å². The van der Waals surface area contributed by atoms with Crippen LogP contribution in [0.15, 0.2) is 47.1 Å². The molecule has 1 saturated carbocycles. The normalized spacial score (nSPS) is 16.9. The summed E-state index contributed by atoms with van der Waals surface area (Å²) >= 11 is 0. The number of benzene rings is 1. The lowest BCUT2D eigenvalue weighted by Crippen LogP contribution is -2.51. The van der Waals surface area contributed by atoms with Gasteiger partial charge in [0.05, 0.1) is 17.9 Å². The van der Waals surface area contributed by atoms with Crippen LogP contribution in [0.4, 0.5) is 0 Å². The zero-order chi connectivity index (χ0) is 20.4. The fourth-order valence-corrected chi connectivity index (χ4v) is 4.88. The van der Waals surface area contributed by atoms with E-state index in [0.29, 0.717) is 29.7 Å². The average molecular weight is 401 g/mol. The lowest BCUT2D eigenvalue weighted by Gasteiger charge is -2.35. The molecule has 148 valence electrons. The van der Waals surface area contributed by atoms with Crippen molar-refractivity contribution < 1.29 is 17.6 Å². The number of sulfonamides is 1. The van der Waals surface area contributed by atoms with Crippen LogP contribution in [0.1, 0.15) is 62.8 Å². The Morgan fingerprint density at radius 2 is 1.79 bits per heavy atom. The smallest absolute Gasteiger partial charge is 0.247 e. The molecule has 0 bridgehead atoms. The highest BCUT2D eigenvalue weighted by atomic mass is 32.2. The van der Waals surface area contributed by atoms with E-state index in [1.807, 2.05) is 6.07 Å². The van der Waals surface area contributed by atoms with Crippen LogP contribution >= 0.6 is 0 Å². The Labute approximate surface area is 165 Å². The first-order valence-electron chi connectivity index (χ1n) is 9.34. The van der Waals surface area contributed by atoms with Crippen molar-refractivity contribution in [3.63, 3.8) is 0 Å². The molecule has 1 fully saturated rings. The lowest BCUT2D eigenvalue weighted by molar-refractivity contribution is -0.126. The van der Waals surface area contributed by atoms with Gasteiger partial charge in [0.25, 0.3) is 0 Å². The first-order valence-corrected chi connectivity index (χ1v) is 10.8. The number of rotatable bonds is 5. The lowest BCUT2D eigenvalue weighted by atomic mass is 9.72. The molecule has 0 spiro atoms. The van der Waals surface area contributed by atoms with Crippen LogP contribution in [-0.2, 0) is 25.0 Å². The zero-order valence-electron chi connectivity index (χ0n) is 16.1. The minimum absolute atomic E-state index is 0.444. The molecule has 1 heterocycles. The van der Waals surface area contributed by atoms with E-state index in [1.165, 1.54) is 6.26 Å². The van der Waals surface area contributed by atoms with Crippen molar-refractivity contribution in [2.75, 3.05) is 0 Å². The number of furan rings is 1. The van der Waals surface area contributed by atoms with Crippen molar-refractivity contribution in [2.24, 2.45) is 0 Å². The molecule has 0 unspecified atom stereocenters. The standard InChI is InChI=1S/C21H24N2O4S/c1-20(2,17-10-8-16(15-22)9-11-17)28(25,26)23-19(24)21(12-4-3-5-13-21)18-7-6-14-27-18/h6-11,14H,3-5,12-13H2,1-2H3,(H,23,24). The molecule has 7 heteroatoms. The quantitative estimate of drug-likeness (QED) is 0.824. The highest BCUT2D eigenvalue weighted by Gasteiger charge is 2.47. The monoisotopic (exact) mass is 400 g/mol. The third-order valence-electron chi connectivity index (χ3n) is 5.74. The molecule has 0 radical (unpaired) electrons. The summed E-state index contributed by atoms with van der Waals surface area (Å²) < 4.78 is 32.8. The molecule has 0 aliphatic heterocycles. The van der Waals surface area contributed by atoms with Crippen LogP contribution in [0.25, 0.3) is 0 Å². The molecule has 1 aromatic carbocycles. The van der Waals surface area contributed by atoms with Crippen LogP contribution in [0.2, 0.25) is 0 Å². The van der Waals surface area contributed by atoms with Crippen molar-refractivity contribution in [3.05, 3.63) is 59.5 Å². The van der Waals surface area contributed by atoms with Crippen LogP contribution in [-0.4, -0.2) is 14.3 Å². The van der Waals surface area contributed by atoms with Crippen molar-refractivity contribution in [1.29, 1.82) is 5.26 Å². The zero-order valence-corrected chi connectivity index (χ0v) is 16.9. The van der Waals surface area contributed by atoms with Gasteiger partial charge in [-0.2, -0.15) is 5.26 Å². The van der Waals surface area contributed by atoms with Crippen LogP contribution < -0.4 is 4.72 Å². The molecule has 6 nitrogen and oxygen atoms in total. The molecular weight excluding hydrogens is 376 g/mol. The van der Waals surface area contributed by atoms with Gasteiger partial charge in [0, 0.05) is 0 Å². The average Bonchev–Trinajstić information content (AvgIpc) is 3.23. The minimum Gasteiger partial charge on any atom is -0.468 e. The number of nitrogens with one attached hydrogen (secondary N) is 1. The van der Waals surface area contributed by atoms with Gasteiger partial charge in [0.15, 0.2) is 0 Å². The maximum Gasteiger partial charge on any atom is 0.247 e. The molecular formula is C21H24N2O4S. The summed E-state index contributed by atoms with van der Waals surface area (Å²) in [5.74, 6) is -0.0278. The van der Waals surface area contributed by atoms with Crippen LogP contribution in [0, 0.1) is 11.3 Å². The Kier molecular flexibility index (Phi) is 5.35. The van der Waals surface area contributed by atoms with E-state index in [9.17, 15) is 13.2 Å². The number of carbonyl (C=O) groups is 1. The van der Waals surface area contributed by atoms with Gasteiger partial charge in [0.2, 0.25) is 15.9 Å². The minimum atomic E-state index is -4.03. The second-order valence-corrected chi connectivity index (χ2v) is 9.99. The SMILES string of the molecule is CC(C)(c1ccc(C#N)cc1)S(=O)(=O)NC(=O)C1(c2ccco2)CCCCC1. The Bertz CT molecular complexity index is 978. The number of hydrogen-bond acceptors (Lipinski definition) is 5. The first kappa shape index (κ1) is 20.2. The van der Waals surface area contributed by atoms with Gasteiger partial charge in [-0.15, -0.1) is 0 Å². The van der Waals surface area contributed by atoms with E-state index in [1.54, 1.807) is 50.2 Å². The highest BCUT2D eigenvalue weighted by Crippen LogP contribution is 2.41. The molecule has 0 atom stereocenters. The van der Waals surface area contributed by atoms with E-state index in [-0.39, 0.29) is 0 Å². The predicted molar refractivity (Wildman–Crippen MR) is 105 cm³/mol. The summed E-state index contributed by atoms with van der Waals surface area (Å²) in [6.07, 6.45) is 5.31. The predicted octanol–water partition coefficient (Wildman–Crippen LogP) is 3.73. The van der Waals surface area contributed by atoms with Gasteiger partial charge in [0.1, 0.15) is 15.9 Å². The number of nitriles is 1. The summed E-state index contributed by atoms with van der Waals surface area (Å²) in [7, 11) is -4.03. The Balaban J connectivity index is 1.91. The van der Waals surface area contributed by atoms with E-state index in [2.05, 4.69) is 4.72 Å². The summed E-state index contributed by atoms with van der Waals surface area (Å²) in [5, 5.41) is 8.94.